The van der Waals surface area contributed by atoms with Gasteiger partial charge in [-0.15, -0.1) is 6.42 Å². The van der Waals surface area contributed by atoms with Crippen molar-refractivity contribution in [3.05, 3.63) is 77.5 Å². The van der Waals surface area contributed by atoms with Crippen LogP contribution in [0.5, 0.6) is 0 Å². The van der Waals surface area contributed by atoms with Gasteiger partial charge in [0.15, 0.2) is 0 Å². The minimum absolute atomic E-state index is 0.799. The number of rotatable bonds is 1. The van der Waals surface area contributed by atoms with Crippen LogP contribution < -0.4 is 10.4 Å². The van der Waals surface area contributed by atoms with Gasteiger partial charge in [-0.05, 0) is 36.3 Å². The van der Waals surface area contributed by atoms with Gasteiger partial charge in [0.2, 0.25) is 0 Å². The van der Waals surface area contributed by atoms with Crippen LogP contribution in [0.15, 0.2) is 60.8 Å². The van der Waals surface area contributed by atoms with Crippen LogP contribution in [-0.2, 0) is 0 Å². The van der Waals surface area contributed by atoms with Crippen LogP contribution >= 0.6 is 0 Å². The molecule has 0 amide bonds. The summed E-state index contributed by atoms with van der Waals surface area (Å²) in [4.78, 5) is 0. The maximum absolute atomic E-state index is 5.49. The highest BCUT2D eigenvalue weighted by molar-refractivity contribution is 5.65. The fraction of sp³-hybridized carbons (Fsp3) is 0. The minimum Gasteiger partial charge on any atom is -0.254 e. The molecule has 2 aromatic carbocycles. The summed E-state index contributed by atoms with van der Waals surface area (Å²) in [5.41, 5.74) is 6.49. The molecular weight excluding hydrogens is 268 g/mol. The van der Waals surface area contributed by atoms with Crippen molar-refractivity contribution in [2.75, 3.05) is 5.01 Å². The van der Waals surface area contributed by atoms with Gasteiger partial charge in [0.1, 0.15) is 0 Å². The van der Waals surface area contributed by atoms with Crippen LogP contribution in [0.1, 0.15) is 16.7 Å². The number of nitrogens with zero attached hydrogens (tertiary/aromatic N) is 1. The van der Waals surface area contributed by atoms with Crippen molar-refractivity contribution in [1.29, 1.82) is 0 Å². The number of hydrogen-bond acceptors (Lipinski definition) is 2. The van der Waals surface area contributed by atoms with Crippen LogP contribution in [0.3, 0.4) is 0 Å². The van der Waals surface area contributed by atoms with Gasteiger partial charge in [-0.3, -0.25) is 10.4 Å². The Morgan fingerprint density at radius 2 is 1.86 bits per heavy atom. The molecule has 0 bridgehead atoms. The predicted molar refractivity (Wildman–Crippen MR) is 89.3 cm³/mol. The van der Waals surface area contributed by atoms with Gasteiger partial charge in [-0.25, -0.2) is 0 Å². The SMILES string of the molecule is C#Cc1ccc(N2C=CC#CN2)c(C#Cc2ccccc2)c1. The lowest BCUT2D eigenvalue weighted by Gasteiger charge is -2.21. The van der Waals surface area contributed by atoms with Crippen molar-refractivity contribution < 1.29 is 0 Å². The van der Waals surface area contributed by atoms with Gasteiger partial charge >= 0.3 is 0 Å². The van der Waals surface area contributed by atoms with E-state index >= 15 is 0 Å². The van der Waals surface area contributed by atoms with Crippen molar-refractivity contribution in [2.45, 2.75) is 0 Å². The normalized spacial score (nSPS) is 11.3. The first-order valence-corrected chi connectivity index (χ1v) is 6.76. The molecule has 0 saturated heterocycles. The van der Waals surface area contributed by atoms with Gasteiger partial charge in [-0.1, -0.05) is 36.0 Å². The first-order chi connectivity index (χ1) is 10.9. The van der Waals surface area contributed by atoms with E-state index in [0.717, 1.165) is 22.4 Å². The van der Waals surface area contributed by atoms with Crippen LogP contribution in [0, 0.1) is 36.1 Å². The van der Waals surface area contributed by atoms with Crippen LogP contribution in [0.2, 0.25) is 0 Å². The highest BCUT2D eigenvalue weighted by Crippen LogP contribution is 2.21. The molecule has 2 aromatic rings. The van der Waals surface area contributed by atoms with Gasteiger partial charge in [-0.2, -0.15) is 0 Å². The molecule has 2 heteroatoms. The highest BCUT2D eigenvalue weighted by atomic mass is 15.5. The summed E-state index contributed by atoms with van der Waals surface area (Å²) >= 11 is 0. The van der Waals surface area contributed by atoms with E-state index in [9.17, 15) is 0 Å². The molecule has 0 radical (unpaired) electrons. The number of benzene rings is 2. The van der Waals surface area contributed by atoms with Gasteiger partial charge in [0, 0.05) is 29.4 Å². The highest BCUT2D eigenvalue weighted by Gasteiger charge is 2.08. The van der Waals surface area contributed by atoms with E-state index in [1.54, 1.807) is 6.08 Å². The number of allylic oxidation sites excluding steroid dienone is 1. The Bertz CT molecular complexity index is 879. The number of hydrogen-bond donors (Lipinski definition) is 1. The molecule has 0 unspecified atom stereocenters. The second-order valence-electron chi connectivity index (χ2n) is 4.56. The molecule has 0 aliphatic carbocycles. The van der Waals surface area contributed by atoms with Gasteiger partial charge in [0.25, 0.3) is 0 Å². The molecule has 22 heavy (non-hydrogen) atoms. The monoisotopic (exact) mass is 280 g/mol. The van der Waals surface area contributed by atoms with E-state index in [1.165, 1.54) is 0 Å². The van der Waals surface area contributed by atoms with E-state index in [1.807, 2.05) is 59.7 Å². The average molecular weight is 280 g/mol. The van der Waals surface area contributed by atoms with Crippen LogP contribution in [-0.4, -0.2) is 0 Å². The smallest absolute Gasteiger partial charge is 0.0787 e. The van der Waals surface area contributed by atoms with Gasteiger partial charge < -0.3 is 0 Å². The van der Waals surface area contributed by atoms with E-state index in [-0.39, 0.29) is 0 Å². The van der Waals surface area contributed by atoms with Crippen molar-refractivity contribution in [3.8, 4) is 36.1 Å². The molecule has 2 nitrogen and oxygen atoms in total. The number of anilines is 1. The fourth-order valence-corrected chi connectivity index (χ4v) is 2.02. The zero-order valence-electron chi connectivity index (χ0n) is 11.8. The Morgan fingerprint density at radius 3 is 2.59 bits per heavy atom. The molecule has 1 aliphatic rings. The summed E-state index contributed by atoms with van der Waals surface area (Å²) in [5.74, 6) is 11.8. The molecule has 1 N–H and O–H groups in total. The molecule has 0 atom stereocenters. The van der Waals surface area contributed by atoms with Crippen molar-refractivity contribution in [2.24, 2.45) is 0 Å². The Hall–Kier alpha value is -3.54. The van der Waals surface area contributed by atoms with E-state index in [4.69, 9.17) is 6.42 Å². The third kappa shape index (κ3) is 2.96. The molecule has 0 fully saturated rings. The topological polar surface area (TPSA) is 15.3 Å². The molecule has 0 saturated carbocycles. The fourth-order valence-electron chi connectivity index (χ4n) is 2.02. The third-order valence-corrected chi connectivity index (χ3v) is 3.09. The molecule has 1 aliphatic heterocycles. The quantitative estimate of drug-likeness (QED) is 0.808. The Morgan fingerprint density at radius 1 is 1.00 bits per heavy atom. The Labute approximate surface area is 130 Å². The lowest BCUT2D eigenvalue weighted by Crippen LogP contribution is -2.31. The summed E-state index contributed by atoms with van der Waals surface area (Å²) in [6.07, 6.45) is 9.12. The Kier molecular flexibility index (Phi) is 3.83. The standard InChI is InChI=1S/C20H12N2/c1-2-17-11-13-20(22-15-7-6-14-21-22)19(16-17)12-10-18-8-4-3-5-9-18/h1,3-5,7-9,11,13,15-16,21H. The maximum Gasteiger partial charge on any atom is 0.0787 e. The van der Waals surface area contributed by atoms with E-state index in [0.29, 0.717) is 0 Å². The van der Waals surface area contributed by atoms with Crippen molar-refractivity contribution >= 4 is 5.69 Å². The summed E-state index contributed by atoms with van der Waals surface area (Å²) in [6, 6.07) is 18.4. The predicted octanol–water partition coefficient (Wildman–Crippen LogP) is 2.87. The second-order valence-corrected chi connectivity index (χ2v) is 4.56. The van der Waals surface area contributed by atoms with Crippen molar-refractivity contribution in [3.63, 3.8) is 0 Å². The zero-order valence-corrected chi connectivity index (χ0v) is 11.8. The summed E-state index contributed by atoms with van der Waals surface area (Å²) in [7, 11) is 0. The lowest BCUT2D eigenvalue weighted by atomic mass is 10.1. The molecule has 102 valence electrons. The van der Waals surface area contributed by atoms with Crippen molar-refractivity contribution in [1.82, 2.24) is 5.43 Å². The summed E-state index contributed by atoms with van der Waals surface area (Å²) in [5, 5.41) is 1.83. The zero-order chi connectivity index (χ0) is 15.2. The largest absolute Gasteiger partial charge is 0.254 e. The number of nitrogens with one attached hydrogen (secondary N) is 1. The van der Waals surface area contributed by atoms with Gasteiger partial charge in [0.05, 0.1) is 11.3 Å². The molecule has 3 rings (SSSR count). The van der Waals surface area contributed by atoms with Crippen LogP contribution in [0.4, 0.5) is 5.69 Å². The van der Waals surface area contributed by atoms with E-state index in [2.05, 4.69) is 35.2 Å². The third-order valence-electron chi connectivity index (χ3n) is 3.09. The molecule has 0 spiro atoms. The first kappa shape index (κ1) is 13.4. The average Bonchev–Trinajstić information content (AvgIpc) is 2.61. The number of hydrazine groups is 1. The maximum atomic E-state index is 5.49. The van der Waals surface area contributed by atoms with Crippen LogP contribution in [0.25, 0.3) is 0 Å². The number of terminal acetylenes is 1. The summed E-state index contributed by atoms with van der Waals surface area (Å²) in [6.45, 7) is 0. The minimum atomic E-state index is 0.799. The summed E-state index contributed by atoms with van der Waals surface area (Å²) < 4.78 is 0. The molecule has 1 heterocycles. The second kappa shape index (κ2) is 6.27. The molecular formula is C20H12N2. The lowest BCUT2D eigenvalue weighted by molar-refractivity contribution is 0.900. The van der Waals surface area contributed by atoms with E-state index < -0.39 is 0 Å². The molecule has 0 aromatic heterocycles. The Balaban J connectivity index is 2.02. The first-order valence-electron chi connectivity index (χ1n) is 6.76.